The van der Waals surface area contributed by atoms with Crippen LogP contribution in [0.1, 0.15) is 36.9 Å². The molecule has 1 aromatic heterocycles. The SMILES string of the molecule is C[C@H](NC(=O)C1CCN(c2ncccn2)CC1)c1ccc(C#N)cc1. The fourth-order valence-corrected chi connectivity index (χ4v) is 3.06. The maximum atomic E-state index is 12.5. The first-order valence-electron chi connectivity index (χ1n) is 8.50. The van der Waals surface area contributed by atoms with Crippen molar-refractivity contribution in [1.29, 1.82) is 5.26 Å². The van der Waals surface area contributed by atoms with Gasteiger partial charge in [-0.2, -0.15) is 5.26 Å². The van der Waals surface area contributed by atoms with Gasteiger partial charge in [0, 0.05) is 31.4 Å². The molecule has 128 valence electrons. The van der Waals surface area contributed by atoms with Gasteiger partial charge < -0.3 is 10.2 Å². The number of nitriles is 1. The van der Waals surface area contributed by atoms with Gasteiger partial charge in [-0.25, -0.2) is 9.97 Å². The Balaban J connectivity index is 1.53. The van der Waals surface area contributed by atoms with Crippen molar-refractivity contribution in [2.45, 2.75) is 25.8 Å². The number of piperidine rings is 1. The van der Waals surface area contributed by atoms with Crippen molar-refractivity contribution in [2.75, 3.05) is 18.0 Å². The van der Waals surface area contributed by atoms with Crippen LogP contribution in [0.25, 0.3) is 0 Å². The lowest BCUT2D eigenvalue weighted by atomic mass is 9.95. The molecule has 6 heteroatoms. The summed E-state index contributed by atoms with van der Waals surface area (Å²) in [6.07, 6.45) is 5.06. The van der Waals surface area contributed by atoms with E-state index < -0.39 is 0 Å². The maximum Gasteiger partial charge on any atom is 0.225 e. The molecule has 0 unspecified atom stereocenters. The second kappa shape index (κ2) is 7.75. The number of hydrogen-bond acceptors (Lipinski definition) is 5. The minimum absolute atomic E-state index is 0.0146. The first kappa shape index (κ1) is 16.9. The molecule has 6 nitrogen and oxygen atoms in total. The third kappa shape index (κ3) is 4.13. The highest BCUT2D eigenvalue weighted by Crippen LogP contribution is 2.22. The number of benzene rings is 1. The molecule has 2 aromatic rings. The second-order valence-corrected chi connectivity index (χ2v) is 6.27. The number of nitrogens with zero attached hydrogens (tertiary/aromatic N) is 4. The lowest BCUT2D eigenvalue weighted by Crippen LogP contribution is -2.41. The van der Waals surface area contributed by atoms with Crippen LogP contribution in [0.15, 0.2) is 42.7 Å². The van der Waals surface area contributed by atoms with E-state index in [1.807, 2.05) is 19.1 Å². The molecular weight excluding hydrogens is 314 g/mol. The van der Waals surface area contributed by atoms with Gasteiger partial charge >= 0.3 is 0 Å². The fraction of sp³-hybridized carbons (Fsp3) is 0.368. The Bertz CT molecular complexity index is 746. The summed E-state index contributed by atoms with van der Waals surface area (Å²) in [5.41, 5.74) is 1.63. The summed E-state index contributed by atoms with van der Waals surface area (Å²) in [5, 5.41) is 11.9. The summed E-state index contributed by atoms with van der Waals surface area (Å²) >= 11 is 0. The first-order valence-corrected chi connectivity index (χ1v) is 8.50. The molecule has 1 saturated heterocycles. The van der Waals surface area contributed by atoms with E-state index in [1.165, 1.54) is 0 Å². The van der Waals surface area contributed by atoms with E-state index in [9.17, 15) is 4.79 Å². The lowest BCUT2D eigenvalue weighted by molar-refractivity contribution is -0.126. The number of anilines is 1. The third-order valence-corrected chi connectivity index (χ3v) is 4.60. The Labute approximate surface area is 147 Å². The molecule has 1 atom stereocenters. The summed E-state index contributed by atoms with van der Waals surface area (Å²) in [6, 6.07) is 11.2. The van der Waals surface area contributed by atoms with Crippen molar-refractivity contribution in [1.82, 2.24) is 15.3 Å². The van der Waals surface area contributed by atoms with Gasteiger partial charge in [-0.05, 0) is 43.5 Å². The molecular formula is C19H21N5O. The molecule has 0 aliphatic carbocycles. The van der Waals surface area contributed by atoms with Gasteiger partial charge in [0.25, 0.3) is 0 Å². The molecule has 1 amide bonds. The number of rotatable bonds is 4. The molecule has 0 spiro atoms. The van der Waals surface area contributed by atoms with Crippen molar-refractivity contribution in [3.8, 4) is 6.07 Å². The number of carbonyl (C=O) groups is 1. The van der Waals surface area contributed by atoms with Crippen molar-refractivity contribution in [3.05, 3.63) is 53.9 Å². The summed E-state index contributed by atoms with van der Waals surface area (Å²) in [7, 11) is 0. The van der Waals surface area contributed by atoms with Crippen LogP contribution >= 0.6 is 0 Å². The number of carbonyl (C=O) groups excluding carboxylic acids is 1. The molecule has 3 rings (SSSR count). The Hall–Kier alpha value is -2.94. The molecule has 1 N–H and O–H groups in total. The lowest BCUT2D eigenvalue weighted by Gasteiger charge is -2.31. The van der Waals surface area contributed by atoms with E-state index in [4.69, 9.17) is 5.26 Å². The zero-order valence-corrected chi connectivity index (χ0v) is 14.2. The molecule has 25 heavy (non-hydrogen) atoms. The van der Waals surface area contributed by atoms with Crippen LogP contribution in [0.4, 0.5) is 5.95 Å². The first-order chi connectivity index (χ1) is 12.2. The normalized spacial score (nSPS) is 16.1. The van der Waals surface area contributed by atoms with Gasteiger partial charge in [0.2, 0.25) is 11.9 Å². The van der Waals surface area contributed by atoms with E-state index in [2.05, 4.69) is 26.3 Å². The maximum absolute atomic E-state index is 12.5. The average Bonchev–Trinajstić information content (AvgIpc) is 2.68. The average molecular weight is 335 g/mol. The molecule has 1 fully saturated rings. The largest absolute Gasteiger partial charge is 0.349 e. The Kier molecular flexibility index (Phi) is 5.24. The molecule has 1 aliphatic rings. The van der Waals surface area contributed by atoms with Crippen LogP contribution in [0.5, 0.6) is 0 Å². The summed E-state index contributed by atoms with van der Waals surface area (Å²) < 4.78 is 0. The van der Waals surface area contributed by atoms with Crippen LogP contribution in [0.3, 0.4) is 0 Å². The van der Waals surface area contributed by atoms with Crippen molar-refractivity contribution in [3.63, 3.8) is 0 Å². The standard InChI is InChI=1S/C19H21N5O/c1-14(16-5-3-15(13-20)4-6-16)23-18(25)17-7-11-24(12-8-17)19-21-9-2-10-22-19/h2-6,9-10,14,17H,7-8,11-12H2,1H3,(H,23,25)/t14-/m0/s1. The minimum Gasteiger partial charge on any atom is -0.349 e. The van der Waals surface area contributed by atoms with E-state index >= 15 is 0 Å². The zero-order valence-electron chi connectivity index (χ0n) is 14.2. The summed E-state index contributed by atoms with van der Waals surface area (Å²) in [4.78, 5) is 23.2. The molecule has 0 bridgehead atoms. The highest BCUT2D eigenvalue weighted by molar-refractivity contribution is 5.79. The molecule has 0 radical (unpaired) electrons. The smallest absolute Gasteiger partial charge is 0.225 e. The van der Waals surface area contributed by atoms with Gasteiger partial charge in [-0.1, -0.05) is 12.1 Å². The highest BCUT2D eigenvalue weighted by Gasteiger charge is 2.26. The summed E-state index contributed by atoms with van der Waals surface area (Å²) in [6.45, 7) is 3.53. The van der Waals surface area contributed by atoms with Crippen LogP contribution in [-0.2, 0) is 4.79 Å². The second-order valence-electron chi connectivity index (χ2n) is 6.27. The van der Waals surface area contributed by atoms with Gasteiger partial charge in [-0.15, -0.1) is 0 Å². The van der Waals surface area contributed by atoms with Gasteiger partial charge in [0.05, 0.1) is 17.7 Å². The number of nitrogens with one attached hydrogen (secondary N) is 1. The fourth-order valence-electron chi connectivity index (χ4n) is 3.06. The number of hydrogen-bond donors (Lipinski definition) is 1. The topological polar surface area (TPSA) is 81.9 Å². The van der Waals surface area contributed by atoms with E-state index in [0.29, 0.717) is 5.56 Å². The third-order valence-electron chi connectivity index (χ3n) is 4.60. The predicted molar refractivity (Wildman–Crippen MR) is 94.7 cm³/mol. The van der Waals surface area contributed by atoms with Crippen LogP contribution in [0.2, 0.25) is 0 Å². The Morgan fingerprint density at radius 1 is 1.24 bits per heavy atom. The molecule has 1 aromatic carbocycles. The molecule has 0 saturated carbocycles. The molecule has 2 heterocycles. The van der Waals surface area contributed by atoms with E-state index in [-0.39, 0.29) is 17.9 Å². The van der Waals surface area contributed by atoms with Gasteiger partial charge in [-0.3, -0.25) is 4.79 Å². The zero-order chi connectivity index (χ0) is 17.6. The van der Waals surface area contributed by atoms with Crippen molar-refractivity contribution >= 4 is 11.9 Å². The van der Waals surface area contributed by atoms with Crippen LogP contribution in [-0.4, -0.2) is 29.0 Å². The predicted octanol–water partition coefficient (Wildman–Crippen LogP) is 2.44. The highest BCUT2D eigenvalue weighted by atomic mass is 16.1. The van der Waals surface area contributed by atoms with E-state index in [0.717, 1.165) is 37.4 Å². The Morgan fingerprint density at radius 3 is 2.48 bits per heavy atom. The Morgan fingerprint density at radius 2 is 1.88 bits per heavy atom. The van der Waals surface area contributed by atoms with Crippen LogP contribution in [0, 0.1) is 17.2 Å². The van der Waals surface area contributed by atoms with Gasteiger partial charge in [0.1, 0.15) is 0 Å². The quantitative estimate of drug-likeness (QED) is 0.928. The summed E-state index contributed by atoms with van der Waals surface area (Å²) in [5.74, 6) is 0.832. The van der Waals surface area contributed by atoms with Gasteiger partial charge in [0.15, 0.2) is 0 Å². The van der Waals surface area contributed by atoms with Crippen LogP contribution < -0.4 is 10.2 Å². The number of amides is 1. The number of aromatic nitrogens is 2. The monoisotopic (exact) mass is 335 g/mol. The minimum atomic E-state index is -0.0734. The van der Waals surface area contributed by atoms with E-state index in [1.54, 1.807) is 30.6 Å². The van der Waals surface area contributed by atoms with Crippen molar-refractivity contribution < 1.29 is 4.79 Å². The molecule has 1 aliphatic heterocycles. The van der Waals surface area contributed by atoms with Crippen molar-refractivity contribution in [2.24, 2.45) is 5.92 Å².